The van der Waals surface area contributed by atoms with E-state index in [0.717, 1.165) is 38.5 Å². The summed E-state index contributed by atoms with van der Waals surface area (Å²) < 4.78 is 24.9. The maximum Gasteiger partial charge on any atom is 0.133 e. The summed E-state index contributed by atoms with van der Waals surface area (Å²) in [5, 5.41) is 10.7. The molecule has 4 aliphatic carbocycles. The van der Waals surface area contributed by atoms with E-state index < -0.39 is 17.9 Å². The lowest BCUT2D eigenvalue weighted by molar-refractivity contribution is -0.141. The first-order valence-electron chi connectivity index (χ1n) is 10.3. The van der Waals surface area contributed by atoms with Gasteiger partial charge in [0.15, 0.2) is 0 Å². The molecule has 7 atom stereocenters. The van der Waals surface area contributed by atoms with E-state index in [0.29, 0.717) is 36.4 Å². The average molecular weight is 293 g/mol. The van der Waals surface area contributed by atoms with Crippen LogP contribution in [0, 0.1) is 34.5 Å². The van der Waals surface area contributed by atoms with Crippen molar-refractivity contribution in [2.75, 3.05) is 0 Å². The van der Waals surface area contributed by atoms with Gasteiger partial charge in [-0.1, -0.05) is 13.8 Å². The van der Waals surface area contributed by atoms with Crippen LogP contribution in [0.5, 0.6) is 0 Å². The zero-order valence-corrected chi connectivity index (χ0v) is 13.3. The molecule has 0 radical (unpaired) electrons. The molecule has 1 N–H and O–H groups in total. The van der Waals surface area contributed by atoms with E-state index in [1.165, 1.54) is 0 Å². The summed E-state index contributed by atoms with van der Waals surface area (Å²) in [6.45, 7) is 4.31. The molecule has 4 aliphatic rings. The van der Waals surface area contributed by atoms with Crippen molar-refractivity contribution < 1.29 is 14.0 Å². The Morgan fingerprint density at radius 2 is 1.90 bits per heavy atom. The summed E-state index contributed by atoms with van der Waals surface area (Å²) in [7, 11) is 0. The lowest BCUT2D eigenvalue weighted by atomic mass is 9.45. The average Bonchev–Trinajstić information content (AvgIpc) is 2.64. The van der Waals surface area contributed by atoms with Crippen LogP contribution in [0.15, 0.2) is 0 Å². The first kappa shape index (κ1) is 11.2. The monoisotopic (exact) mass is 293 g/mol. The number of ketones is 1. The van der Waals surface area contributed by atoms with Crippen LogP contribution in [-0.4, -0.2) is 17.0 Å². The summed E-state index contributed by atoms with van der Waals surface area (Å²) in [5.41, 5.74) is -0.459. The highest BCUT2D eigenvalue weighted by Gasteiger charge is 2.59. The second kappa shape index (κ2) is 4.57. The van der Waals surface area contributed by atoms with Crippen molar-refractivity contribution in [1.29, 1.82) is 0 Å². The van der Waals surface area contributed by atoms with Crippen LogP contribution in [0.2, 0.25) is 0 Å². The molecule has 4 saturated carbocycles. The molecule has 2 heteroatoms. The molecule has 0 aromatic heterocycles. The van der Waals surface area contributed by atoms with Crippen LogP contribution < -0.4 is 0 Å². The largest absolute Gasteiger partial charge is 0.393 e. The molecule has 21 heavy (non-hydrogen) atoms. The van der Waals surface area contributed by atoms with Gasteiger partial charge < -0.3 is 5.11 Å². The van der Waals surface area contributed by atoms with Crippen LogP contribution in [0.1, 0.15) is 75.7 Å². The molecule has 0 spiro atoms. The van der Waals surface area contributed by atoms with Crippen molar-refractivity contribution in [3.8, 4) is 0 Å². The normalized spacial score (nSPS) is 64.5. The number of hydrogen-bond acceptors (Lipinski definition) is 2. The molecule has 0 aliphatic heterocycles. The van der Waals surface area contributed by atoms with Crippen molar-refractivity contribution in [1.82, 2.24) is 0 Å². The van der Waals surface area contributed by atoms with Gasteiger partial charge >= 0.3 is 0 Å². The van der Waals surface area contributed by atoms with Crippen molar-refractivity contribution in [3.05, 3.63) is 0 Å². The smallest absolute Gasteiger partial charge is 0.133 e. The third-order valence-electron chi connectivity index (χ3n) is 7.90. The minimum Gasteiger partial charge on any atom is -0.393 e. The first-order valence-corrected chi connectivity index (χ1v) is 8.77. The molecule has 0 aromatic rings. The lowest BCUT2D eigenvalue weighted by Gasteiger charge is -2.60. The van der Waals surface area contributed by atoms with E-state index in [4.69, 9.17) is 4.11 Å². The van der Waals surface area contributed by atoms with Gasteiger partial charge in [-0.2, -0.15) is 0 Å². The number of carbonyl (C=O) groups excluding carboxylic acids is 1. The van der Waals surface area contributed by atoms with Gasteiger partial charge in [0.05, 0.1) is 7.45 Å². The van der Waals surface area contributed by atoms with Gasteiger partial charge in [-0.05, 0) is 79.4 Å². The van der Waals surface area contributed by atoms with Gasteiger partial charge in [0.25, 0.3) is 0 Å². The summed E-state index contributed by atoms with van der Waals surface area (Å²) in [6, 6.07) is 0. The molecule has 4 rings (SSSR count). The second-order valence-corrected chi connectivity index (χ2v) is 8.59. The van der Waals surface area contributed by atoms with Crippen molar-refractivity contribution in [3.63, 3.8) is 0 Å². The Hall–Kier alpha value is -0.370. The molecule has 0 amide bonds. The fraction of sp³-hybridized carbons (Fsp3) is 0.947. The predicted molar refractivity (Wildman–Crippen MR) is 82.7 cm³/mol. The number of rotatable bonds is 0. The Morgan fingerprint density at radius 1 is 1.14 bits per heavy atom. The van der Waals surface area contributed by atoms with Crippen molar-refractivity contribution in [2.45, 2.75) is 77.7 Å². The van der Waals surface area contributed by atoms with Crippen molar-refractivity contribution in [2.24, 2.45) is 34.5 Å². The molecule has 118 valence electrons. The van der Waals surface area contributed by atoms with Gasteiger partial charge in [0, 0.05) is 15.6 Å². The number of hydrogen-bond donors (Lipinski definition) is 1. The Kier molecular flexibility index (Phi) is 2.44. The van der Waals surface area contributed by atoms with Gasteiger partial charge in [-0.15, -0.1) is 0 Å². The Labute approximate surface area is 132 Å². The van der Waals surface area contributed by atoms with Crippen LogP contribution >= 0.6 is 0 Å². The Bertz CT molecular complexity index is 575. The predicted octanol–water partition coefficient (Wildman–Crippen LogP) is 3.96. The van der Waals surface area contributed by atoms with Crippen LogP contribution in [0.4, 0.5) is 0 Å². The maximum absolute atomic E-state index is 11.9. The van der Waals surface area contributed by atoms with E-state index >= 15 is 0 Å². The minimum absolute atomic E-state index is 0.0872. The number of aliphatic hydroxyl groups is 1. The Balaban J connectivity index is 1.69. The minimum atomic E-state index is -1.99. The molecular weight excluding hydrogens is 260 g/mol. The zero-order chi connectivity index (χ0) is 17.5. The summed E-state index contributed by atoms with van der Waals surface area (Å²) in [6.07, 6.45) is 2.66. The van der Waals surface area contributed by atoms with Crippen LogP contribution in [0.25, 0.3) is 0 Å². The van der Waals surface area contributed by atoms with Gasteiger partial charge in [0.2, 0.25) is 0 Å². The third kappa shape index (κ3) is 1.84. The molecule has 0 bridgehead atoms. The second-order valence-electron chi connectivity index (χ2n) is 8.59. The molecule has 2 nitrogen and oxygen atoms in total. The molecule has 1 unspecified atom stereocenters. The Morgan fingerprint density at radius 3 is 2.71 bits per heavy atom. The quantitative estimate of drug-likeness (QED) is 0.734. The topological polar surface area (TPSA) is 37.3 Å². The van der Waals surface area contributed by atoms with Crippen LogP contribution in [0.3, 0.4) is 0 Å². The number of carbonyl (C=O) groups is 1. The highest BCUT2D eigenvalue weighted by molar-refractivity contribution is 5.79. The lowest BCUT2D eigenvalue weighted by Crippen LogP contribution is -2.54. The molecule has 4 fully saturated rings. The van der Waals surface area contributed by atoms with E-state index in [9.17, 15) is 9.90 Å². The SMILES string of the molecule is [2H]C1([2H])C[C@@H]2C3CC[C@@H]4CC(=O)CC[C@@]4(C)[C@@H]3CC[C@@]2(C)[C@]1([2H])O. The fourth-order valence-electron chi connectivity index (χ4n) is 6.44. The standard InChI is InChI=1S/C19H30O2/c1-18-9-7-13(20)11-12(18)3-4-14-15-5-6-17(21)19(15,2)10-8-16(14)18/h12,14-17,21H,3-11H2,1-2H3/t12-,14?,15-,16-,17-,18-,19-/m1/s1/i6D2,17D. The third-order valence-corrected chi connectivity index (χ3v) is 7.90. The molecule has 0 aromatic carbocycles. The first-order chi connectivity index (χ1) is 11.0. The summed E-state index contributed by atoms with van der Waals surface area (Å²) >= 11 is 0. The molecule has 0 saturated heterocycles. The van der Waals surface area contributed by atoms with Gasteiger partial charge in [-0.25, -0.2) is 0 Å². The highest BCUT2D eigenvalue weighted by Crippen LogP contribution is 2.65. The van der Waals surface area contributed by atoms with Crippen LogP contribution in [-0.2, 0) is 4.79 Å². The van der Waals surface area contributed by atoms with E-state index in [-0.39, 0.29) is 11.3 Å². The number of fused-ring (bicyclic) bond motifs is 5. The fourth-order valence-corrected chi connectivity index (χ4v) is 6.44. The molecular formula is C19H30O2. The van der Waals surface area contributed by atoms with E-state index in [1.807, 2.05) is 6.92 Å². The number of Topliss-reactive ketones (excluding diaryl/α,β-unsaturated/α-hetero) is 1. The maximum atomic E-state index is 11.9. The molecule has 0 heterocycles. The van der Waals surface area contributed by atoms with E-state index in [1.54, 1.807) is 0 Å². The highest BCUT2D eigenvalue weighted by atomic mass is 16.3. The summed E-state index contributed by atoms with van der Waals surface area (Å²) in [5.74, 6) is 1.90. The summed E-state index contributed by atoms with van der Waals surface area (Å²) in [4.78, 5) is 11.9. The van der Waals surface area contributed by atoms with E-state index in [2.05, 4.69) is 6.92 Å². The van der Waals surface area contributed by atoms with Gasteiger partial charge in [-0.3, -0.25) is 4.79 Å². The van der Waals surface area contributed by atoms with Gasteiger partial charge in [0.1, 0.15) is 5.78 Å². The van der Waals surface area contributed by atoms with Crippen molar-refractivity contribution >= 4 is 5.78 Å². The zero-order valence-electron chi connectivity index (χ0n) is 16.3.